The molecule has 0 radical (unpaired) electrons. The lowest BCUT2D eigenvalue weighted by atomic mass is 9.89. The predicted molar refractivity (Wildman–Crippen MR) is 77.8 cm³/mol. The molecule has 7 heteroatoms. The van der Waals surface area contributed by atoms with Crippen molar-refractivity contribution in [2.75, 3.05) is 30.7 Å². The molecule has 0 spiro atoms. The first-order valence-electron chi connectivity index (χ1n) is 6.67. The van der Waals surface area contributed by atoms with Crippen LogP contribution in [0.15, 0.2) is 18.2 Å². The normalized spacial score (nSPS) is 22.2. The van der Waals surface area contributed by atoms with Crippen molar-refractivity contribution >= 4 is 23.2 Å². The molecule has 2 amide bonds. The largest absolute Gasteiger partial charge is 0.397 e. The number of hydrogen-bond acceptors (Lipinski definition) is 4. The number of nitrogens with one attached hydrogen (secondary N) is 1. The number of nitrogen functional groups attached to an aromatic ring is 1. The zero-order valence-corrected chi connectivity index (χ0v) is 11.9. The lowest BCUT2D eigenvalue weighted by Gasteiger charge is -2.20. The van der Waals surface area contributed by atoms with Gasteiger partial charge in [0.15, 0.2) is 0 Å². The molecule has 1 aliphatic rings. The van der Waals surface area contributed by atoms with E-state index in [2.05, 4.69) is 5.32 Å². The van der Waals surface area contributed by atoms with Crippen LogP contribution in [0.5, 0.6) is 0 Å². The van der Waals surface area contributed by atoms with E-state index in [1.165, 1.54) is 18.2 Å². The topological polar surface area (TPSA) is 101 Å². The summed E-state index contributed by atoms with van der Waals surface area (Å²) in [5, 5.41) is 2.57. The molecule has 1 saturated heterocycles. The molecular weight excluding hydrogens is 275 g/mol. The first-order chi connectivity index (χ1) is 9.80. The van der Waals surface area contributed by atoms with Crippen molar-refractivity contribution in [3.63, 3.8) is 0 Å². The van der Waals surface area contributed by atoms with Crippen LogP contribution < -0.4 is 16.8 Å². The minimum Gasteiger partial charge on any atom is -0.397 e. The molecule has 1 aromatic rings. The van der Waals surface area contributed by atoms with Gasteiger partial charge in [0.05, 0.1) is 23.3 Å². The highest BCUT2D eigenvalue weighted by Gasteiger charge is 2.39. The van der Waals surface area contributed by atoms with Gasteiger partial charge in [0.25, 0.3) is 0 Å². The van der Waals surface area contributed by atoms with Crippen LogP contribution in [0, 0.1) is 11.2 Å². The van der Waals surface area contributed by atoms with Crippen LogP contribution in [-0.2, 0) is 9.59 Å². The average Bonchev–Trinajstić information content (AvgIpc) is 2.77. The molecular formula is C14H19FN4O2. The van der Waals surface area contributed by atoms with E-state index in [1.54, 1.807) is 6.92 Å². The smallest absolute Gasteiger partial charge is 0.238 e. The van der Waals surface area contributed by atoms with E-state index in [0.717, 1.165) is 0 Å². The summed E-state index contributed by atoms with van der Waals surface area (Å²) in [7, 11) is 0. The molecule has 0 aliphatic carbocycles. The Bertz CT molecular complexity index is 578. The maximum absolute atomic E-state index is 13.1. The highest BCUT2D eigenvalue weighted by Crippen LogP contribution is 2.29. The third-order valence-electron chi connectivity index (χ3n) is 3.80. The van der Waals surface area contributed by atoms with Crippen LogP contribution in [0.1, 0.15) is 13.3 Å². The van der Waals surface area contributed by atoms with Crippen molar-refractivity contribution in [2.24, 2.45) is 11.1 Å². The maximum Gasteiger partial charge on any atom is 0.238 e. The van der Waals surface area contributed by atoms with Crippen molar-refractivity contribution in [1.29, 1.82) is 0 Å². The lowest BCUT2D eigenvalue weighted by Crippen LogP contribution is -2.39. The monoisotopic (exact) mass is 294 g/mol. The molecule has 0 bridgehead atoms. The molecule has 1 aliphatic heterocycles. The fourth-order valence-electron chi connectivity index (χ4n) is 2.42. The number of carbonyl (C=O) groups is 2. The third kappa shape index (κ3) is 3.49. The molecule has 0 saturated carbocycles. The van der Waals surface area contributed by atoms with E-state index in [-0.39, 0.29) is 24.0 Å². The lowest BCUT2D eigenvalue weighted by molar-refractivity contribution is -0.126. The molecule has 1 heterocycles. The second kappa shape index (κ2) is 5.69. The molecule has 1 fully saturated rings. The highest BCUT2D eigenvalue weighted by molar-refractivity contribution is 5.95. The molecule has 1 atom stereocenters. The second-order valence-electron chi connectivity index (χ2n) is 5.67. The van der Waals surface area contributed by atoms with E-state index in [4.69, 9.17) is 11.5 Å². The Morgan fingerprint density at radius 2 is 2.19 bits per heavy atom. The van der Waals surface area contributed by atoms with Gasteiger partial charge in [-0.05, 0) is 38.1 Å². The van der Waals surface area contributed by atoms with Crippen LogP contribution in [0.4, 0.5) is 15.8 Å². The number of nitrogens with two attached hydrogens (primary N) is 2. The van der Waals surface area contributed by atoms with Gasteiger partial charge in [-0.3, -0.25) is 14.5 Å². The quantitative estimate of drug-likeness (QED) is 0.705. The predicted octanol–water partition coefficient (Wildman–Crippen LogP) is 0.544. The number of amides is 2. The number of primary amides is 1. The molecule has 6 nitrogen and oxygen atoms in total. The van der Waals surface area contributed by atoms with Gasteiger partial charge in [-0.15, -0.1) is 0 Å². The number of anilines is 2. The van der Waals surface area contributed by atoms with Crippen molar-refractivity contribution < 1.29 is 14.0 Å². The number of nitrogens with zero attached hydrogens (tertiary/aromatic N) is 1. The molecule has 5 N–H and O–H groups in total. The Morgan fingerprint density at radius 1 is 1.48 bits per heavy atom. The fourth-order valence-corrected chi connectivity index (χ4v) is 2.42. The van der Waals surface area contributed by atoms with Crippen LogP contribution in [-0.4, -0.2) is 36.3 Å². The Morgan fingerprint density at radius 3 is 2.81 bits per heavy atom. The summed E-state index contributed by atoms with van der Waals surface area (Å²) in [6, 6.07) is 3.79. The van der Waals surface area contributed by atoms with E-state index >= 15 is 0 Å². The van der Waals surface area contributed by atoms with Crippen LogP contribution in [0.3, 0.4) is 0 Å². The van der Waals surface area contributed by atoms with E-state index in [9.17, 15) is 14.0 Å². The number of carbonyl (C=O) groups excluding carboxylic acids is 2. The van der Waals surface area contributed by atoms with Crippen molar-refractivity contribution in [2.45, 2.75) is 13.3 Å². The molecule has 21 heavy (non-hydrogen) atoms. The summed E-state index contributed by atoms with van der Waals surface area (Å²) >= 11 is 0. The Kier molecular flexibility index (Phi) is 4.13. The first-order valence-corrected chi connectivity index (χ1v) is 6.67. The van der Waals surface area contributed by atoms with Crippen molar-refractivity contribution in [1.82, 2.24) is 4.90 Å². The molecule has 114 valence electrons. The van der Waals surface area contributed by atoms with Gasteiger partial charge in [-0.25, -0.2) is 4.39 Å². The standard InChI is InChI=1S/C14H19FN4O2/c1-14(13(17)21)4-5-19(8-14)7-12(20)18-11-6-9(15)2-3-10(11)16/h2-3,6H,4-5,7-8,16H2,1H3,(H2,17,21)(H,18,20). The summed E-state index contributed by atoms with van der Waals surface area (Å²) in [6.07, 6.45) is 0.623. The van der Waals surface area contributed by atoms with Crippen molar-refractivity contribution in [3.05, 3.63) is 24.0 Å². The summed E-state index contributed by atoms with van der Waals surface area (Å²) in [4.78, 5) is 25.2. The number of likely N-dealkylation sites (tertiary alicyclic amines) is 1. The summed E-state index contributed by atoms with van der Waals surface area (Å²) in [5.41, 5.74) is 11.0. The number of benzene rings is 1. The fraction of sp³-hybridized carbons (Fsp3) is 0.429. The van der Waals surface area contributed by atoms with Gasteiger partial charge in [0.1, 0.15) is 5.82 Å². The summed E-state index contributed by atoms with van der Waals surface area (Å²) in [6.45, 7) is 2.95. The van der Waals surface area contributed by atoms with Gasteiger partial charge in [-0.1, -0.05) is 0 Å². The highest BCUT2D eigenvalue weighted by atomic mass is 19.1. The zero-order valence-electron chi connectivity index (χ0n) is 11.9. The Hall–Kier alpha value is -2.15. The zero-order chi connectivity index (χ0) is 15.6. The second-order valence-corrected chi connectivity index (χ2v) is 5.67. The number of halogens is 1. The molecule has 2 rings (SSSR count). The first kappa shape index (κ1) is 15.2. The third-order valence-corrected chi connectivity index (χ3v) is 3.80. The van der Waals surface area contributed by atoms with E-state index < -0.39 is 11.2 Å². The minimum absolute atomic E-state index is 0.110. The molecule has 0 aromatic heterocycles. The Labute approximate surface area is 122 Å². The number of hydrogen-bond donors (Lipinski definition) is 3. The van der Waals surface area contributed by atoms with Crippen molar-refractivity contribution in [3.8, 4) is 0 Å². The molecule has 1 unspecified atom stereocenters. The van der Waals surface area contributed by atoms with Crippen LogP contribution >= 0.6 is 0 Å². The molecule has 1 aromatic carbocycles. The SMILES string of the molecule is CC1(C(N)=O)CCN(CC(=O)Nc2cc(F)ccc2N)C1. The van der Waals surface area contributed by atoms with Crippen LogP contribution in [0.2, 0.25) is 0 Å². The van der Waals surface area contributed by atoms with E-state index in [0.29, 0.717) is 25.2 Å². The average molecular weight is 294 g/mol. The Balaban J connectivity index is 1.94. The maximum atomic E-state index is 13.1. The van der Waals surface area contributed by atoms with Crippen LogP contribution in [0.25, 0.3) is 0 Å². The van der Waals surface area contributed by atoms with Gasteiger partial charge < -0.3 is 16.8 Å². The van der Waals surface area contributed by atoms with E-state index in [1.807, 2.05) is 4.90 Å². The van der Waals surface area contributed by atoms with Gasteiger partial charge in [-0.2, -0.15) is 0 Å². The van der Waals surface area contributed by atoms with Gasteiger partial charge >= 0.3 is 0 Å². The van der Waals surface area contributed by atoms with Gasteiger partial charge in [0.2, 0.25) is 11.8 Å². The number of rotatable bonds is 4. The summed E-state index contributed by atoms with van der Waals surface area (Å²) < 4.78 is 13.1. The minimum atomic E-state index is -0.599. The summed E-state index contributed by atoms with van der Waals surface area (Å²) in [5.74, 6) is -1.14. The van der Waals surface area contributed by atoms with Gasteiger partial charge in [0, 0.05) is 6.54 Å².